The van der Waals surface area contributed by atoms with E-state index in [0.717, 1.165) is 4.31 Å². The molecule has 4 rings (SSSR count). The number of fused-ring (bicyclic) bond motifs is 1. The number of rotatable bonds is 7. The van der Waals surface area contributed by atoms with Crippen LogP contribution in [0.25, 0.3) is 0 Å². The molecule has 0 atom stereocenters. The minimum absolute atomic E-state index is 0.0257. The molecular formula is C24H21NO7S. The van der Waals surface area contributed by atoms with E-state index in [0.29, 0.717) is 36.0 Å². The molecule has 3 aromatic rings. The van der Waals surface area contributed by atoms with Gasteiger partial charge >= 0.3 is 5.97 Å². The molecule has 0 saturated carbocycles. The van der Waals surface area contributed by atoms with Crippen molar-refractivity contribution in [2.24, 2.45) is 0 Å². The van der Waals surface area contributed by atoms with Crippen LogP contribution >= 0.6 is 0 Å². The molecule has 8 nitrogen and oxygen atoms in total. The maximum atomic E-state index is 12.8. The quantitative estimate of drug-likeness (QED) is 0.388. The topological polar surface area (TPSA) is 99.2 Å². The molecule has 1 aliphatic rings. The Hall–Kier alpha value is -3.85. The Morgan fingerprint density at radius 2 is 1.52 bits per heavy atom. The number of esters is 1. The molecular weight excluding hydrogens is 446 g/mol. The van der Waals surface area contributed by atoms with Crippen molar-refractivity contribution in [2.45, 2.75) is 4.90 Å². The fourth-order valence-electron chi connectivity index (χ4n) is 3.21. The Balaban J connectivity index is 1.40. The summed E-state index contributed by atoms with van der Waals surface area (Å²) in [5.74, 6) is -0.108. The van der Waals surface area contributed by atoms with E-state index in [2.05, 4.69) is 0 Å². The molecule has 33 heavy (non-hydrogen) atoms. The highest BCUT2D eigenvalue weighted by Crippen LogP contribution is 2.31. The number of carbonyl (C=O) groups excluding carboxylic acids is 2. The van der Waals surface area contributed by atoms with Crippen molar-refractivity contribution in [3.63, 3.8) is 0 Å². The summed E-state index contributed by atoms with van der Waals surface area (Å²) in [4.78, 5) is 24.8. The number of para-hydroxylation sites is 1. The molecule has 0 unspecified atom stereocenters. The summed E-state index contributed by atoms with van der Waals surface area (Å²) in [5, 5.41) is 0. The highest BCUT2D eigenvalue weighted by molar-refractivity contribution is 7.92. The number of ketones is 1. The van der Waals surface area contributed by atoms with Crippen molar-refractivity contribution in [2.75, 3.05) is 31.2 Å². The molecule has 0 aliphatic carbocycles. The number of anilines is 1. The lowest BCUT2D eigenvalue weighted by molar-refractivity contribution is 0.0474. The van der Waals surface area contributed by atoms with E-state index < -0.39 is 28.4 Å². The van der Waals surface area contributed by atoms with E-state index in [9.17, 15) is 18.0 Å². The lowest BCUT2D eigenvalue weighted by atomic mass is 10.1. The number of sulfonamides is 1. The number of carbonyl (C=O) groups is 2. The molecule has 0 spiro atoms. The zero-order valence-corrected chi connectivity index (χ0v) is 18.6. The SMILES string of the molecule is CN(c1ccccc1)S(=O)(=O)c1ccc(C(=O)OCC(=O)c2ccc3c(c2)OCCO3)cc1. The van der Waals surface area contributed by atoms with Gasteiger partial charge in [0.15, 0.2) is 23.9 Å². The molecule has 3 aromatic carbocycles. The predicted molar refractivity (Wildman–Crippen MR) is 121 cm³/mol. The summed E-state index contributed by atoms with van der Waals surface area (Å²) in [5.41, 5.74) is 0.974. The second-order valence-corrected chi connectivity index (χ2v) is 9.16. The Morgan fingerprint density at radius 3 is 2.21 bits per heavy atom. The first-order valence-electron chi connectivity index (χ1n) is 10.1. The third kappa shape index (κ3) is 4.83. The van der Waals surface area contributed by atoms with Crippen molar-refractivity contribution in [1.29, 1.82) is 0 Å². The van der Waals surface area contributed by atoms with Gasteiger partial charge in [-0.3, -0.25) is 9.10 Å². The van der Waals surface area contributed by atoms with Gasteiger partial charge in [-0.2, -0.15) is 0 Å². The molecule has 0 saturated heterocycles. The maximum absolute atomic E-state index is 12.8. The van der Waals surface area contributed by atoms with E-state index in [1.54, 1.807) is 48.5 Å². The molecule has 9 heteroatoms. The zero-order valence-electron chi connectivity index (χ0n) is 17.8. The molecule has 1 aliphatic heterocycles. The zero-order chi connectivity index (χ0) is 23.4. The standard InChI is InChI=1S/C24H21NO7S/c1-25(19-5-3-2-4-6-19)33(28,29)20-10-7-17(8-11-20)24(27)32-16-21(26)18-9-12-22-23(15-18)31-14-13-30-22/h2-12,15H,13-14,16H2,1H3. The monoisotopic (exact) mass is 467 g/mol. The van der Waals surface area contributed by atoms with E-state index in [-0.39, 0.29) is 10.5 Å². The molecule has 0 bridgehead atoms. The number of benzene rings is 3. The largest absolute Gasteiger partial charge is 0.486 e. The number of nitrogens with zero attached hydrogens (tertiary/aromatic N) is 1. The number of ether oxygens (including phenoxy) is 3. The molecule has 0 aromatic heterocycles. The van der Waals surface area contributed by atoms with Gasteiger partial charge in [-0.15, -0.1) is 0 Å². The van der Waals surface area contributed by atoms with Gasteiger partial charge in [-0.05, 0) is 54.6 Å². The van der Waals surface area contributed by atoms with Crippen LogP contribution in [-0.4, -0.2) is 47.0 Å². The van der Waals surface area contributed by atoms with Crippen LogP contribution in [0.5, 0.6) is 11.5 Å². The van der Waals surface area contributed by atoms with Gasteiger partial charge in [0.1, 0.15) is 13.2 Å². The number of Topliss-reactive ketones (excluding diaryl/α,β-unsaturated/α-hetero) is 1. The van der Waals surface area contributed by atoms with E-state index in [1.807, 2.05) is 0 Å². The van der Waals surface area contributed by atoms with Gasteiger partial charge in [0.05, 0.1) is 16.1 Å². The van der Waals surface area contributed by atoms with Crippen LogP contribution in [0.15, 0.2) is 77.7 Å². The Bertz CT molecular complexity index is 1270. The molecule has 0 N–H and O–H groups in total. The van der Waals surface area contributed by atoms with E-state index >= 15 is 0 Å². The Labute approximate surface area is 191 Å². The lowest BCUT2D eigenvalue weighted by Crippen LogP contribution is -2.26. The van der Waals surface area contributed by atoms with Crippen molar-refractivity contribution >= 4 is 27.5 Å². The second kappa shape index (κ2) is 9.33. The number of hydrogen-bond acceptors (Lipinski definition) is 7. The smallest absolute Gasteiger partial charge is 0.338 e. The van der Waals surface area contributed by atoms with Crippen LogP contribution in [0.4, 0.5) is 5.69 Å². The summed E-state index contributed by atoms with van der Waals surface area (Å²) < 4.78 is 42.8. The first-order valence-corrected chi connectivity index (χ1v) is 11.5. The normalized spacial score (nSPS) is 12.6. The molecule has 0 amide bonds. The van der Waals surface area contributed by atoms with Crippen LogP contribution in [0.1, 0.15) is 20.7 Å². The van der Waals surface area contributed by atoms with Crippen LogP contribution in [-0.2, 0) is 14.8 Å². The third-order valence-electron chi connectivity index (χ3n) is 5.07. The van der Waals surface area contributed by atoms with Crippen LogP contribution in [0, 0.1) is 0 Å². The summed E-state index contributed by atoms with van der Waals surface area (Å²) in [6.07, 6.45) is 0. The van der Waals surface area contributed by atoms with Gasteiger partial charge in [-0.25, -0.2) is 13.2 Å². The van der Waals surface area contributed by atoms with Crippen LogP contribution in [0.2, 0.25) is 0 Å². The average molecular weight is 467 g/mol. The van der Waals surface area contributed by atoms with Crippen LogP contribution < -0.4 is 13.8 Å². The van der Waals surface area contributed by atoms with Gasteiger partial charge < -0.3 is 14.2 Å². The lowest BCUT2D eigenvalue weighted by Gasteiger charge is -2.19. The first kappa shape index (κ1) is 22.3. The van der Waals surface area contributed by atoms with Gasteiger partial charge in [0.25, 0.3) is 10.0 Å². The summed E-state index contributed by atoms with van der Waals surface area (Å²) in [6.45, 7) is 0.377. The first-order chi connectivity index (χ1) is 15.9. The summed E-state index contributed by atoms with van der Waals surface area (Å²) >= 11 is 0. The highest BCUT2D eigenvalue weighted by Gasteiger charge is 2.22. The minimum Gasteiger partial charge on any atom is -0.486 e. The number of hydrogen-bond donors (Lipinski definition) is 0. The Morgan fingerprint density at radius 1 is 0.879 bits per heavy atom. The molecule has 170 valence electrons. The Kier molecular flexibility index (Phi) is 6.32. The van der Waals surface area contributed by atoms with Crippen molar-refractivity contribution in [3.8, 4) is 11.5 Å². The molecule has 1 heterocycles. The van der Waals surface area contributed by atoms with Crippen LogP contribution in [0.3, 0.4) is 0 Å². The van der Waals surface area contributed by atoms with Crippen molar-refractivity contribution < 1.29 is 32.2 Å². The highest BCUT2D eigenvalue weighted by atomic mass is 32.2. The van der Waals surface area contributed by atoms with Gasteiger partial charge in [0.2, 0.25) is 0 Å². The maximum Gasteiger partial charge on any atom is 0.338 e. The second-order valence-electron chi connectivity index (χ2n) is 7.19. The van der Waals surface area contributed by atoms with E-state index in [1.165, 1.54) is 31.3 Å². The minimum atomic E-state index is -3.80. The third-order valence-corrected chi connectivity index (χ3v) is 6.87. The van der Waals surface area contributed by atoms with Crippen molar-refractivity contribution in [3.05, 3.63) is 83.9 Å². The summed E-state index contributed by atoms with van der Waals surface area (Å²) in [7, 11) is -2.34. The predicted octanol–water partition coefficient (Wildman–Crippen LogP) is 3.32. The fraction of sp³-hybridized carbons (Fsp3) is 0.167. The average Bonchev–Trinajstić information content (AvgIpc) is 2.86. The molecule has 0 fully saturated rings. The van der Waals surface area contributed by atoms with E-state index in [4.69, 9.17) is 14.2 Å². The molecule has 0 radical (unpaired) electrons. The van der Waals surface area contributed by atoms with Crippen molar-refractivity contribution in [1.82, 2.24) is 0 Å². The van der Waals surface area contributed by atoms with Gasteiger partial charge in [0, 0.05) is 12.6 Å². The summed E-state index contributed by atoms with van der Waals surface area (Å²) in [6, 6.07) is 18.8. The fourth-order valence-corrected chi connectivity index (χ4v) is 4.41. The van der Waals surface area contributed by atoms with Gasteiger partial charge in [-0.1, -0.05) is 18.2 Å².